The third-order valence-corrected chi connectivity index (χ3v) is 5.53. The van der Waals surface area contributed by atoms with E-state index >= 15 is 0 Å². The van der Waals surface area contributed by atoms with Crippen molar-refractivity contribution < 1.29 is 13.2 Å². The molecule has 1 aromatic rings. The molecule has 0 aliphatic carbocycles. The minimum absolute atomic E-state index is 0.183. The number of amides is 1. The maximum Gasteiger partial charge on any atom is 0.243 e. The SMILES string of the molecule is CC(=O)Nc1ccc(S(=O)(=O)N2CCC(Br)C2)cc1. The summed E-state index contributed by atoms with van der Waals surface area (Å²) in [6.45, 7) is 2.44. The van der Waals surface area contributed by atoms with Crippen molar-refractivity contribution in [2.75, 3.05) is 18.4 Å². The van der Waals surface area contributed by atoms with Crippen LogP contribution in [0.1, 0.15) is 13.3 Å². The number of anilines is 1. The van der Waals surface area contributed by atoms with Crippen LogP contribution in [0.3, 0.4) is 0 Å². The summed E-state index contributed by atoms with van der Waals surface area (Å²) in [5.74, 6) is -0.183. The Kier molecular flexibility index (Phi) is 4.27. The average molecular weight is 347 g/mol. The van der Waals surface area contributed by atoms with Gasteiger partial charge in [-0.15, -0.1) is 0 Å². The van der Waals surface area contributed by atoms with E-state index in [1.54, 1.807) is 12.1 Å². The van der Waals surface area contributed by atoms with Crippen LogP contribution in [0, 0.1) is 0 Å². The first-order valence-electron chi connectivity index (χ1n) is 5.91. The fourth-order valence-corrected chi connectivity index (χ4v) is 4.21. The Labute approximate surface area is 121 Å². The molecule has 1 aliphatic rings. The van der Waals surface area contributed by atoms with Crippen LogP contribution in [0.5, 0.6) is 0 Å². The number of hydrogen-bond acceptors (Lipinski definition) is 3. The highest BCUT2D eigenvalue weighted by atomic mass is 79.9. The lowest BCUT2D eigenvalue weighted by Gasteiger charge is -2.16. The van der Waals surface area contributed by atoms with Gasteiger partial charge in [0.05, 0.1) is 4.90 Å². The number of nitrogens with one attached hydrogen (secondary N) is 1. The summed E-state index contributed by atoms with van der Waals surface area (Å²) in [7, 11) is -3.43. The van der Waals surface area contributed by atoms with E-state index in [9.17, 15) is 13.2 Å². The molecule has 1 atom stereocenters. The second-order valence-corrected chi connectivity index (χ2v) is 7.69. The summed E-state index contributed by atoms with van der Waals surface area (Å²) in [5.41, 5.74) is 0.589. The number of hydrogen-bond donors (Lipinski definition) is 1. The highest BCUT2D eigenvalue weighted by Crippen LogP contribution is 2.25. The predicted octanol–water partition coefficient (Wildman–Crippen LogP) is 1.80. The third-order valence-electron chi connectivity index (χ3n) is 2.91. The molecule has 1 fully saturated rings. The maximum absolute atomic E-state index is 12.3. The smallest absolute Gasteiger partial charge is 0.243 e. The summed E-state index contributed by atoms with van der Waals surface area (Å²) in [5, 5.41) is 2.61. The van der Waals surface area contributed by atoms with Crippen molar-refractivity contribution in [2.45, 2.75) is 23.1 Å². The first-order chi connectivity index (χ1) is 8.89. The van der Waals surface area contributed by atoms with E-state index < -0.39 is 10.0 Å². The standard InChI is InChI=1S/C12H15BrN2O3S/c1-9(16)14-11-2-4-12(5-3-11)19(17,18)15-7-6-10(13)8-15/h2-5,10H,6-8H2,1H3,(H,14,16). The molecule has 0 aromatic heterocycles. The third kappa shape index (κ3) is 3.34. The van der Waals surface area contributed by atoms with Crippen molar-refractivity contribution >= 4 is 37.5 Å². The minimum Gasteiger partial charge on any atom is -0.326 e. The van der Waals surface area contributed by atoms with Gasteiger partial charge in [-0.05, 0) is 30.7 Å². The van der Waals surface area contributed by atoms with E-state index in [4.69, 9.17) is 0 Å². The molecule has 1 unspecified atom stereocenters. The Morgan fingerprint density at radius 2 is 2.00 bits per heavy atom. The van der Waals surface area contributed by atoms with Crippen LogP contribution >= 0.6 is 15.9 Å². The Morgan fingerprint density at radius 3 is 2.47 bits per heavy atom. The van der Waals surface area contributed by atoms with Crippen LogP contribution in [-0.4, -0.2) is 36.5 Å². The molecule has 1 heterocycles. The highest BCUT2D eigenvalue weighted by molar-refractivity contribution is 9.09. The van der Waals surface area contributed by atoms with E-state index in [2.05, 4.69) is 21.2 Å². The Hall–Kier alpha value is -0.920. The number of halogens is 1. The van der Waals surface area contributed by atoms with E-state index in [-0.39, 0.29) is 15.6 Å². The Balaban J connectivity index is 2.19. The second-order valence-electron chi connectivity index (χ2n) is 4.45. The number of benzene rings is 1. The molecule has 0 bridgehead atoms. The molecule has 1 N–H and O–H groups in total. The van der Waals surface area contributed by atoms with Gasteiger partial charge in [0.2, 0.25) is 15.9 Å². The van der Waals surface area contributed by atoms with Crippen molar-refractivity contribution in [3.8, 4) is 0 Å². The van der Waals surface area contributed by atoms with Gasteiger partial charge in [-0.3, -0.25) is 4.79 Å². The molecule has 1 amide bonds. The molecule has 0 radical (unpaired) electrons. The molecule has 1 aliphatic heterocycles. The number of alkyl halides is 1. The van der Waals surface area contributed by atoms with Gasteiger partial charge in [-0.1, -0.05) is 15.9 Å². The zero-order valence-corrected chi connectivity index (χ0v) is 12.9. The van der Waals surface area contributed by atoms with Crippen molar-refractivity contribution in [3.63, 3.8) is 0 Å². The largest absolute Gasteiger partial charge is 0.326 e. The van der Waals surface area contributed by atoms with Gasteiger partial charge in [0, 0.05) is 30.5 Å². The van der Waals surface area contributed by atoms with Gasteiger partial charge in [0.15, 0.2) is 0 Å². The molecular weight excluding hydrogens is 332 g/mol. The predicted molar refractivity (Wildman–Crippen MR) is 76.8 cm³/mol. The minimum atomic E-state index is -3.43. The highest BCUT2D eigenvalue weighted by Gasteiger charge is 2.31. The lowest BCUT2D eigenvalue weighted by Crippen LogP contribution is -2.28. The lowest BCUT2D eigenvalue weighted by molar-refractivity contribution is -0.114. The van der Waals surface area contributed by atoms with Gasteiger partial charge in [0.25, 0.3) is 0 Å². The fourth-order valence-electron chi connectivity index (χ4n) is 1.97. The fraction of sp³-hybridized carbons (Fsp3) is 0.417. The lowest BCUT2D eigenvalue weighted by atomic mass is 10.3. The van der Waals surface area contributed by atoms with Crippen LogP contribution in [-0.2, 0) is 14.8 Å². The summed E-state index contributed by atoms with van der Waals surface area (Å²) in [4.78, 5) is 11.4. The zero-order chi connectivity index (χ0) is 14.0. The van der Waals surface area contributed by atoms with Crippen molar-refractivity contribution in [2.24, 2.45) is 0 Å². The maximum atomic E-state index is 12.3. The van der Waals surface area contributed by atoms with Crippen LogP contribution in [0.25, 0.3) is 0 Å². The van der Waals surface area contributed by atoms with E-state index in [1.807, 2.05) is 0 Å². The molecule has 1 aromatic carbocycles. The first-order valence-corrected chi connectivity index (χ1v) is 8.27. The van der Waals surface area contributed by atoms with Crippen LogP contribution < -0.4 is 5.32 Å². The topological polar surface area (TPSA) is 66.5 Å². The Morgan fingerprint density at radius 1 is 1.37 bits per heavy atom. The second kappa shape index (κ2) is 5.60. The van der Waals surface area contributed by atoms with Gasteiger partial charge >= 0.3 is 0 Å². The van der Waals surface area contributed by atoms with Crippen LogP contribution in [0.15, 0.2) is 29.2 Å². The number of carbonyl (C=O) groups is 1. The van der Waals surface area contributed by atoms with Gasteiger partial charge < -0.3 is 5.32 Å². The van der Waals surface area contributed by atoms with Crippen LogP contribution in [0.2, 0.25) is 0 Å². The van der Waals surface area contributed by atoms with Crippen LogP contribution in [0.4, 0.5) is 5.69 Å². The molecule has 2 rings (SSSR count). The van der Waals surface area contributed by atoms with Crippen molar-refractivity contribution in [1.29, 1.82) is 0 Å². The molecule has 0 saturated carbocycles. The molecule has 7 heteroatoms. The monoisotopic (exact) mass is 346 g/mol. The summed E-state index contributed by atoms with van der Waals surface area (Å²) in [6, 6.07) is 6.22. The molecule has 104 valence electrons. The number of nitrogens with zero attached hydrogens (tertiary/aromatic N) is 1. The molecule has 0 spiro atoms. The van der Waals surface area contributed by atoms with Crippen molar-refractivity contribution in [1.82, 2.24) is 4.31 Å². The molecule has 5 nitrogen and oxygen atoms in total. The normalized spacial score (nSPS) is 20.4. The molecule has 1 saturated heterocycles. The number of sulfonamides is 1. The van der Waals surface area contributed by atoms with Gasteiger partial charge in [-0.2, -0.15) is 4.31 Å². The molecule has 19 heavy (non-hydrogen) atoms. The zero-order valence-electron chi connectivity index (χ0n) is 10.5. The van der Waals surface area contributed by atoms with E-state index in [0.717, 1.165) is 6.42 Å². The van der Waals surface area contributed by atoms with Gasteiger partial charge in [-0.25, -0.2) is 8.42 Å². The number of carbonyl (C=O) groups excluding carboxylic acids is 1. The quantitative estimate of drug-likeness (QED) is 0.848. The molecular formula is C12H15BrN2O3S. The van der Waals surface area contributed by atoms with E-state index in [0.29, 0.717) is 18.8 Å². The first kappa shape index (κ1) is 14.5. The van der Waals surface area contributed by atoms with E-state index in [1.165, 1.54) is 23.4 Å². The average Bonchev–Trinajstić information content (AvgIpc) is 2.76. The van der Waals surface area contributed by atoms with Gasteiger partial charge in [0.1, 0.15) is 0 Å². The van der Waals surface area contributed by atoms with Crippen molar-refractivity contribution in [3.05, 3.63) is 24.3 Å². The number of rotatable bonds is 3. The summed E-state index contributed by atoms with van der Waals surface area (Å²) < 4.78 is 26.1. The summed E-state index contributed by atoms with van der Waals surface area (Å²) in [6.07, 6.45) is 0.823. The summed E-state index contributed by atoms with van der Waals surface area (Å²) >= 11 is 3.43. The Bertz CT molecular complexity index is 571.